The van der Waals surface area contributed by atoms with Gasteiger partial charge in [0.1, 0.15) is 18.4 Å². The number of halogens is 1. The maximum atomic E-state index is 12.8. The first-order valence-electron chi connectivity index (χ1n) is 10.3. The van der Waals surface area contributed by atoms with Crippen molar-refractivity contribution in [3.8, 4) is 5.75 Å². The second-order valence-corrected chi connectivity index (χ2v) is 8.17. The minimum Gasteiger partial charge on any atom is -0.484 e. The summed E-state index contributed by atoms with van der Waals surface area (Å²) in [6.45, 7) is -0.116. The van der Waals surface area contributed by atoms with Gasteiger partial charge in [0.15, 0.2) is 6.61 Å². The van der Waals surface area contributed by atoms with Gasteiger partial charge >= 0.3 is 5.97 Å². The molecular weight excluding hydrogens is 494 g/mol. The van der Waals surface area contributed by atoms with Gasteiger partial charge in [-0.15, -0.1) is 0 Å². The van der Waals surface area contributed by atoms with Crippen LogP contribution >= 0.6 is 15.9 Å². The first-order chi connectivity index (χ1) is 16.0. The third kappa shape index (κ3) is 4.85. The van der Waals surface area contributed by atoms with E-state index in [4.69, 9.17) is 9.47 Å². The number of ether oxygens (including phenoxy) is 2. The Kier molecular flexibility index (Phi) is 6.93. The van der Waals surface area contributed by atoms with E-state index in [2.05, 4.69) is 21.2 Å². The van der Waals surface area contributed by atoms with Gasteiger partial charge in [-0.05, 0) is 17.7 Å². The van der Waals surface area contributed by atoms with Crippen LogP contribution in [0.1, 0.15) is 5.56 Å². The monoisotopic (exact) mass is 515 g/mol. The highest BCUT2D eigenvalue weighted by Crippen LogP contribution is 2.33. The molecule has 2 fully saturated rings. The van der Waals surface area contributed by atoms with Crippen molar-refractivity contribution in [2.45, 2.75) is 24.9 Å². The zero-order valence-electron chi connectivity index (χ0n) is 17.6. The fourth-order valence-electron chi connectivity index (χ4n) is 3.91. The van der Waals surface area contributed by atoms with Crippen LogP contribution in [-0.2, 0) is 30.5 Å². The van der Waals surface area contributed by atoms with E-state index in [1.807, 2.05) is 36.4 Å². The number of rotatable bonds is 8. The summed E-state index contributed by atoms with van der Waals surface area (Å²) in [5.41, 5.74) is 0.789. The van der Waals surface area contributed by atoms with Crippen LogP contribution in [-0.4, -0.2) is 70.2 Å². The van der Waals surface area contributed by atoms with Crippen LogP contribution in [0.2, 0.25) is 0 Å². The van der Waals surface area contributed by atoms with Gasteiger partial charge in [-0.25, -0.2) is 4.79 Å². The van der Waals surface area contributed by atoms with Crippen molar-refractivity contribution >= 4 is 39.6 Å². The van der Waals surface area contributed by atoms with Crippen LogP contribution in [0.3, 0.4) is 0 Å². The molecule has 0 saturated carbocycles. The smallest absolute Gasteiger partial charge is 0.350 e. The molecule has 2 saturated heterocycles. The Hall–Kier alpha value is -3.40. The summed E-state index contributed by atoms with van der Waals surface area (Å²) in [6, 6.07) is 16.6. The minimum absolute atomic E-state index is 0.00778. The van der Waals surface area contributed by atoms with E-state index >= 15 is 0 Å². The summed E-state index contributed by atoms with van der Waals surface area (Å²) < 4.78 is 10.8. The van der Waals surface area contributed by atoms with E-state index < -0.39 is 36.0 Å². The number of esters is 1. The molecule has 0 aromatic heterocycles. The average Bonchev–Trinajstić information content (AvgIpc) is 3.22. The molecule has 3 amide bonds. The standard InChI is InChI=1S/C23H22BrN3O6/c24-11-19(29)26-12-17-20(25-18(28)14-32-16-9-5-2-6-10-16)22(30)27(17)21(26)23(31)33-13-15-7-3-1-4-8-15/h1-10,17,20-21H,11-14H2,(H,25,28)/t17?,20-,21?/m0/s1. The predicted octanol–water partition coefficient (Wildman–Crippen LogP) is 1.07. The van der Waals surface area contributed by atoms with E-state index in [-0.39, 0.29) is 31.0 Å². The van der Waals surface area contributed by atoms with E-state index in [9.17, 15) is 19.2 Å². The summed E-state index contributed by atoms with van der Waals surface area (Å²) >= 11 is 3.12. The first-order valence-corrected chi connectivity index (χ1v) is 11.5. The number of hydrogen-bond donors (Lipinski definition) is 1. The maximum absolute atomic E-state index is 12.8. The van der Waals surface area contributed by atoms with E-state index in [0.29, 0.717) is 5.75 Å². The fourth-order valence-corrected chi connectivity index (χ4v) is 4.23. The largest absolute Gasteiger partial charge is 0.484 e. The van der Waals surface area contributed by atoms with Crippen molar-refractivity contribution in [2.75, 3.05) is 18.5 Å². The Bertz CT molecular complexity index is 1040. The van der Waals surface area contributed by atoms with Gasteiger partial charge in [0.2, 0.25) is 18.0 Å². The van der Waals surface area contributed by atoms with Gasteiger partial charge in [-0.2, -0.15) is 0 Å². The van der Waals surface area contributed by atoms with Gasteiger partial charge < -0.3 is 24.6 Å². The Morgan fingerprint density at radius 2 is 1.70 bits per heavy atom. The number of alkyl halides is 1. The lowest BCUT2D eigenvalue weighted by molar-refractivity contribution is -0.170. The minimum atomic E-state index is -1.16. The molecule has 2 aromatic carbocycles. The summed E-state index contributed by atoms with van der Waals surface area (Å²) in [5, 5.41) is 2.64. The number of para-hydroxylation sites is 1. The lowest BCUT2D eigenvalue weighted by atomic mass is 9.96. The van der Waals surface area contributed by atoms with Gasteiger partial charge in [-0.3, -0.25) is 14.4 Å². The Morgan fingerprint density at radius 1 is 1.03 bits per heavy atom. The third-order valence-electron chi connectivity index (χ3n) is 5.50. The maximum Gasteiger partial charge on any atom is 0.350 e. The van der Waals surface area contributed by atoms with Crippen LogP contribution in [0, 0.1) is 0 Å². The highest BCUT2D eigenvalue weighted by Gasteiger charge is 2.61. The molecular formula is C23H22BrN3O6. The molecule has 4 rings (SSSR count). The summed E-state index contributed by atoms with van der Waals surface area (Å²) in [4.78, 5) is 53.0. The van der Waals surface area contributed by atoms with Crippen molar-refractivity contribution in [3.63, 3.8) is 0 Å². The molecule has 2 aromatic rings. The molecule has 2 aliphatic heterocycles. The number of carbonyl (C=O) groups excluding carboxylic acids is 4. The lowest BCUT2D eigenvalue weighted by Gasteiger charge is -2.43. The molecule has 3 atom stereocenters. The van der Waals surface area contributed by atoms with Crippen LogP contribution in [0.4, 0.5) is 0 Å². The van der Waals surface area contributed by atoms with Crippen LogP contribution in [0.15, 0.2) is 60.7 Å². The van der Waals surface area contributed by atoms with Crippen molar-refractivity contribution in [3.05, 3.63) is 66.2 Å². The number of amides is 3. The highest BCUT2D eigenvalue weighted by atomic mass is 79.9. The number of benzene rings is 2. The Morgan fingerprint density at radius 3 is 2.36 bits per heavy atom. The summed E-state index contributed by atoms with van der Waals surface area (Å²) in [5.74, 6) is -1.42. The Labute approximate surface area is 198 Å². The van der Waals surface area contributed by atoms with Crippen molar-refractivity contribution in [1.82, 2.24) is 15.1 Å². The molecule has 9 nitrogen and oxygen atoms in total. The van der Waals surface area contributed by atoms with Crippen molar-refractivity contribution < 1.29 is 28.7 Å². The van der Waals surface area contributed by atoms with Gasteiger partial charge in [0, 0.05) is 6.54 Å². The zero-order chi connectivity index (χ0) is 23.4. The lowest BCUT2D eigenvalue weighted by Crippen LogP contribution is -2.71. The Balaban J connectivity index is 1.39. The molecule has 0 bridgehead atoms. The number of nitrogens with one attached hydrogen (secondary N) is 1. The predicted molar refractivity (Wildman–Crippen MR) is 120 cm³/mol. The highest BCUT2D eigenvalue weighted by molar-refractivity contribution is 9.09. The fraction of sp³-hybridized carbons (Fsp3) is 0.304. The SMILES string of the molecule is O=C(COc1ccccc1)N[C@@H]1C(=O)N2C1CN(C(=O)CBr)C2C(=O)OCc1ccccc1. The molecule has 1 N–H and O–H groups in total. The number of fused-ring (bicyclic) bond motifs is 1. The number of β-lactam (4-membered cyclic amide) rings is 1. The first kappa shape index (κ1) is 22.8. The van der Waals surface area contributed by atoms with Gasteiger partial charge in [-0.1, -0.05) is 64.5 Å². The molecule has 2 heterocycles. The van der Waals surface area contributed by atoms with Crippen molar-refractivity contribution in [1.29, 1.82) is 0 Å². The summed E-state index contributed by atoms with van der Waals surface area (Å²) in [7, 11) is 0. The van der Waals surface area contributed by atoms with Crippen molar-refractivity contribution in [2.24, 2.45) is 0 Å². The summed E-state index contributed by atoms with van der Waals surface area (Å²) in [6.07, 6.45) is -1.16. The molecule has 0 radical (unpaired) electrons. The van der Waals surface area contributed by atoms with Gasteiger partial charge in [0.05, 0.1) is 11.4 Å². The molecule has 172 valence electrons. The number of carbonyl (C=O) groups is 4. The molecule has 33 heavy (non-hydrogen) atoms. The normalized spacial score (nSPS) is 21.1. The topological polar surface area (TPSA) is 105 Å². The van der Waals surface area contributed by atoms with Gasteiger partial charge in [0.25, 0.3) is 5.91 Å². The van der Waals surface area contributed by atoms with Crippen LogP contribution in [0.5, 0.6) is 5.75 Å². The second-order valence-electron chi connectivity index (χ2n) is 7.61. The third-order valence-corrected chi connectivity index (χ3v) is 5.98. The quantitative estimate of drug-likeness (QED) is 0.320. The molecule has 2 unspecified atom stereocenters. The van der Waals surface area contributed by atoms with E-state index in [0.717, 1.165) is 5.56 Å². The number of nitrogens with zero attached hydrogens (tertiary/aromatic N) is 2. The molecule has 10 heteroatoms. The molecule has 0 aliphatic carbocycles. The van der Waals surface area contributed by atoms with E-state index in [1.54, 1.807) is 24.3 Å². The van der Waals surface area contributed by atoms with E-state index in [1.165, 1.54) is 9.80 Å². The molecule has 2 aliphatic rings. The number of hydrogen-bond acceptors (Lipinski definition) is 6. The second kappa shape index (κ2) is 10.0. The van der Waals surface area contributed by atoms with Crippen LogP contribution in [0.25, 0.3) is 0 Å². The molecule has 0 spiro atoms. The zero-order valence-corrected chi connectivity index (χ0v) is 19.1. The van der Waals surface area contributed by atoms with Crippen LogP contribution < -0.4 is 10.1 Å². The average molecular weight is 516 g/mol.